The van der Waals surface area contributed by atoms with Crippen molar-refractivity contribution in [2.75, 3.05) is 17.7 Å². The Balaban J connectivity index is 2.39. The first kappa shape index (κ1) is 15.0. The van der Waals surface area contributed by atoms with Gasteiger partial charge in [-0.05, 0) is 53.8 Å². The summed E-state index contributed by atoms with van der Waals surface area (Å²) < 4.78 is 1.21. The normalized spacial score (nSPS) is 10.7. The quantitative estimate of drug-likeness (QED) is 0.775. The molecular formula is C15H19IN4. The van der Waals surface area contributed by atoms with Crippen LogP contribution in [0.4, 0.5) is 17.3 Å². The monoisotopic (exact) mass is 382 g/mol. The fourth-order valence-corrected chi connectivity index (χ4v) is 2.19. The van der Waals surface area contributed by atoms with Gasteiger partial charge >= 0.3 is 0 Å². The average molecular weight is 382 g/mol. The molecule has 20 heavy (non-hydrogen) atoms. The number of nitrogens with one attached hydrogen (secondary N) is 2. The predicted octanol–water partition coefficient (Wildman–Crippen LogP) is 4.30. The Morgan fingerprint density at radius 1 is 1.05 bits per heavy atom. The van der Waals surface area contributed by atoms with Crippen LogP contribution < -0.4 is 10.6 Å². The SMILES string of the molecule is CNc1nc(C(C)C)nc(Nc2ccc(I)cc2)c1C. The Hall–Kier alpha value is -1.37. The molecule has 0 bridgehead atoms. The highest BCUT2D eigenvalue weighted by atomic mass is 127. The second-order valence-electron chi connectivity index (χ2n) is 4.94. The van der Waals surface area contributed by atoms with E-state index < -0.39 is 0 Å². The van der Waals surface area contributed by atoms with E-state index in [0.717, 1.165) is 28.7 Å². The van der Waals surface area contributed by atoms with E-state index in [1.54, 1.807) is 0 Å². The maximum absolute atomic E-state index is 4.63. The zero-order valence-electron chi connectivity index (χ0n) is 12.2. The van der Waals surface area contributed by atoms with Crippen molar-refractivity contribution in [3.8, 4) is 0 Å². The number of hydrogen-bond donors (Lipinski definition) is 2. The van der Waals surface area contributed by atoms with Gasteiger partial charge < -0.3 is 10.6 Å². The molecule has 106 valence electrons. The van der Waals surface area contributed by atoms with Crippen LogP contribution in [0.3, 0.4) is 0 Å². The van der Waals surface area contributed by atoms with Crippen LogP contribution >= 0.6 is 22.6 Å². The Bertz CT molecular complexity index is 594. The lowest BCUT2D eigenvalue weighted by atomic mass is 10.2. The maximum atomic E-state index is 4.63. The second-order valence-corrected chi connectivity index (χ2v) is 6.19. The first-order valence-electron chi connectivity index (χ1n) is 6.60. The first-order valence-corrected chi connectivity index (χ1v) is 7.68. The van der Waals surface area contributed by atoms with Crippen molar-refractivity contribution < 1.29 is 0 Å². The van der Waals surface area contributed by atoms with Gasteiger partial charge in [-0.15, -0.1) is 0 Å². The molecule has 0 spiro atoms. The summed E-state index contributed by atoms with van der Waals surface area (Å²) in [6.45, 7) is 6.21. The topological polar surface area (TPSA) is 49.8 Å². The third-order valence-electron chi connectivity index (χ3n) is 3.02. The van der Waals surface area contributed by atoms with Gasteiger partial charge in [0.25, 0.3) is 0 Å². The number of anilines is 3. The summed E-state index contributed by atoms with van der Waals surface area (Å²) in [7, 11) is 1.88. The fraction of sp³-hybridized carbons (Fsp3) is 0.333. The Morgan fingerprint density at radius 3 is 2.20 bits per heavy atom. The van der Waals surface area contributed by atoms with E-state index in [1.807, 2.05) is 14.0 Å². The van der Waals surface area contributed by atoms with E-state index in [0.29, 0.717) is 5.92 Å². The van der Waals surface area contributed by atoms with E-state index in [4.69, 9.17) is 0 Å². The van der Waals surface area contributed by atoms with Crippen molar-refractivity contribution in [3.05, 3.63) is 39.2 Å². The van der Waals surface area contributed by atoms with Crippen LogP contribution in [0.15, 0.2) is 24.3 Å². The molecule has 0 radical (unpaired) electrons. The molecular weight excluding hydrogens is 363 g/mol. The zero-order valence-corrected chi connectivity index (χ0v) is 14.3. The summed E-state index contributed by atoms with van der Waals surface area (Å²) in [5.41, 5.74) is 2.06. The summed E-state index contributed by atoms with van der Waals surface area (Å²) in [5.74, 6) is 2.86. The Morgan fingerprint density at radius 2 is 1.65 bits per heavy atom. The molecule has 2 N–H and O–H groups in total. The van der Waals surface area contributed by atoms with Crippen molar-refractivity contribution >= 4 is 39.9 Å². The van der Waals surface area contributed by atoms with Crippen LogP contribution in [-0.4, -0.2) is 17.0 Å². The highest BCUT2D eigenvalue weighted by molar-refractivity contribution is 14.1. The molecule has 0 saturated carbocycles. The van der Waals surface area contributed by atoms with Crippen LogP contribution in [-0.2, 0) is 0 Å². The number of halogens is 1. The fourth-order valence-electron chi connectivity index (χ4n) is 1.83. The Labute approximate surface area is 133 Å². The van der Waals surface area contributed by atoms with Crippen LogP contribution in [0, 0.1) is 10.5 Å². The molecule has 0 aliphatic carbocycles. The summed E-state index contributed by atoms with van der Waals surface area (Å²) in [5, 5.41) is 6.51. The Kier molecular flexibility index (Phi) is 4.80. The molecule has 1 heterocycles. The number of nitrogens with zero attached hydrogens (tertiary/aromatic N) is 2. The lowest BCUT2D eigenvalue weighted by Gasteiger charge is -2.15. The smallest absolute Gasteiger partial charge is 0.139 e. The van der Waals surface area contributed by atoms with Gasteiger partial charge in [0.1, 0.15) is 17.5 Å². The van der Waals surface area contributed by atoms with Gasteiger partial charge in [0.15, 0.2) is 0 Å². The van der Waals surface area contributed by atoms with E-state index >= 15 is 0 Å². The van der Waals surface area contributed by atoms with Crippen molar-refractivity contribution in [2.45, 2.75) is 26.7 Å². The molecule has 0 aliphatic rings. The van der Waals surface area contributed by atoms with Crippen molar-refractivity contribution in [1.29, 1.82) is 0 Å². The number of hydrogen-bond acceptors (Lipinski definition) is 4. The van der Waals surface area contributed by atoms with E-state index in [9.17, 15) is 0 Å². The lowest BCUT2D eigenvalue weighted by Crippen LogP contribution is -2.08. The largest absolute Gasteiger partial charge is 0.373 e. The average Bonchev–Trinajstić information content (AvgIpc) is 2.43. The van der Waals surface area contributed by atoms with Gasteiger partial charge in [-0.1, -0.05) is 13.8 Å². The van der Waals surface area contributed by atoms with E-state index in [1.165, 1.54) is 3.57 Å². The predicted molar refractivity (Wildman–Crippen MR) is 92.8 cm³/mol. The van der Waals surface area contributed by atoms with Gasteiger partial charge in [-0.2, -0.15) is 0 Å². The highest BCUT2D eigenvalue weighted by Crippen LogP contribution is 2.25. The van der Waals surface area contributed by atoms with Gasteiger partial charge in [0, 0.05) is 27.8 Å². The van der Waals surface area contributed by atoms with E-state index in [-0.39, 0.29) is 0 Å². The number of rotatable bonds is 4. The minimum atomic E-state index is 0.292. The molecule has 5 heteroatoms. The van der Waals surface area contributed by atoms with E-state index in [2.05, 4.69) is 81.3 Å². The molecule has 2 rings (SSSR count). The highest BCUT2D eigenvalue weighted by Gasteiger charge is 2.12. The third-order valence-corrected chi connectivity index (χ3v) is 3.74. The molecule has 4 nitrogen and oxygen atoms in total. The van der Waals surface area contributed by atoms with Crippen LogP contribution in [0.1, 0.15) is 31.2 Å². The van der Waals surface area contributed by atoms with Gasteiger partial charge in [0.2, 0.25) is 0 Å². The molecule has 0 unspecified atom stereocenters. The molecule has 1 aromatic carbocycles. The van der Waals surface area contributed by atoms with Crippen molar-refractivity contribution in [3.63, 3.8) is 0 Å². The van der Waals surface area contributed by atoms with Crippen LogP contribution in [0.2, 0.25) is 0 Å². The van der Waals surface area contributed by atoms with Crippen LogP contribution in [0.25, 0.3) is 0 Å². The summed E-state index contributed by atoms with van der Waals surface area (Å²) in [4.78, 5) is 9.18. The van der Waals surface area contributed by atoms with Crippen molar-refractivity contribution in [1.82, 2.24) is 9.97 Å². The molecule has 0 fully saturated rings. The molecule has 0 saturated heterocycles. The summed E-state index contributed by atoms with van der Waals surface area (Å²) >= 11 is 2.30. The van der Waals surface area contributed by atoms with Crippen molar-refractivity contribution in [2.24, 2.45) is 0 Å². The number of benzene rings is 1. The molecule has 0 atom stereocenters. The van der Waals surface area contributed by atoms with Crippen LogP contribution in [0.5, 0.6) is 0 Å². The number of aromatic nitrogens is 2. The molecule has 0 aliphatic heterocycles. The third kappa shape index (κ3) is 3.39. The minimum Gasteiger partial charge on any atom is -0.373 e. The first-order chi connectivity index (χ1) is 9.51. The lowest BCUT2D eigenvalue weighted by molar-refractivity contribution is 0.775. The minimum absolute atomic E-state index is 0.292. The summed E-state index contributed by atoms with van der Waals surface area (Å²) in [6, 6.07) is 8.25. The zero-order chi connectivity index (χ0) is 14.7. The van der Waals surface area contributed by atoms with Gasteiger partial charge in [0.05, 0.1) is 0 Å². The van der Waals surface area contributed by atoms with Gasteiger partial charge in [-0.3, -0.25) is 0 Å². The maximum Gasteiger partial charge on any atom is 0.139 e. The molecule has 1 aromatic heterocycles. The van der Waals surface area contributed by atoms with Gasteiger partial charge in [-0.25, -0.2) is 9.97 Å². The second kappa shape index (κ2) is 6.39. The molecule has 2 aromatic rings. The molecule has 0 amide bonds. The summed E-state index contributed by atoms with van der Waals surface area (Å²) in [6.07, 6.45) is 0. The standard InChI is InChI=1S/C15H19IN4/c1-9(2)13-19-14(17-4)10(3)15(20-13)18-12-7-5-11(16)6-8-12/h5-9H,1-4H3,(H2,17,18,19,20).